The number of aryl methyl sites for hydroxylation is 1. The maximum Gasteiger partial charge on any atom is 0.229 e. The Kier molecular flexibility index (Phi) is 7.29. The van der Waals surface area contributed by atoms with E-state index in [0.717, 1.165) is 32.1 Å². The lowest BCUT2D eigenvalue weighted by molar-refractivity contribution is -0.118. The number of halogens is 1. The molecule has 4 rings (SSSR count). The Balaban J connectivity index is 1.53. The van der Waals surface area contributed by atoms with Gasteiger partial charge in [0.1, 0.15) is 5.75 Å². The van der Waals surface area contributed by atoms with E-state index >= 15 is 0 Å². The molecule has 0 N–H and O–H groups in total. The highest BCUT2D eigenvalue weighted by Crippen LogP contribution is 2.34. The van der Waals surface area contributed by atoms with Gasteiger partial charge in [0.15, 0.2) is 5.13 Å². The third kappa shape index (κ3) is 5.23. The van der Waals surface area contributed by atoms with E-state index in [1.807, 2.05) is 61.5 Å². The van der Waals surface area contributed by atoms with Gasteiger partial charge in [0, 0.05) is 28.3 Å². The lowest BCUT2D eigenvalue weighted by Gasteiger charge is -2.19. The summed E-state index contributed by atoms with van der Waals surface area (Å²) < 4.78 is 6.21. The molecule has 0 aliphatic rings. The quantitative estimate of drug-likeness (QED) is 0.272. The predicted octanol–water partition coefficient (Wildman–Crippen LogP) is 6.38. The Labute approximate surface area is 200 Å². The van der Waals surface area contributed by atoms with E-state index < -0.39 is 0 Å². The minimum absolute atomic E-state index is 0.0134. The molecule has 0 unspecified atom stereocenters. The van der Waals surface area contributed by atoms with E-state index in [0.29, 0.717) is 28.9 Å². The molecule has 0 spiro atoms. The number of anilines is 1. The first-order valence-corrected chi connectivity index (χ1v) is 12.3. The molecule has 8 heteroatoms. The molecule has 2 heterocycles. The molecule has 32 heavy (non-hydrogen) atoms. The van der Waals surface area contributed by atoms with E-state index in [9.17, 15) is 4.79 Å². The van der Waals surface area contributed by atoms with Crippen LogP contribution in [-0.4, -0.2) is 28.7 Å². The summed E-state index contributed by atoms with van der Waals surface area (Å²) in [6.07, 6.45) is 2.12. The zero-order valence-electron chi connectivity index (χ0n) is 17.7. The van der Waals surface area contributed by atoms with Crippen LogP contribution in [-0.2, 0) is 11.3 Å². The van der Waals surface area contributed by atoms with Crippen LogP contribution in [0.1, 0.15) is 17.7 Å². The fraction of sp³-hybridized carbons (Fsp3) is 0.208. The normalized spacial score (nSPS) is 11.0. The van der Waals surface area contributed by atoms with Crippen molar-refractivity contribution in [2.75, 3.05) is 17.8 Å². The SMILES string of the molecule is COc1ccc(SCCC(=O)N(Cc2ccccn2)c2nc3c(C)c(Cl)ccc3s2)cc1. The molecule has 4 aromatic rings. The van der Waals surface area contributed by atoms with Crippen LogP contribution in [0.15, 0.2) is 65.7 Å². The Morgan fingerprint density at radius 1 is 1.16 bits per heavy atom. The zero-order valence-corrected chi connectivity index (χ0v) is 20.1. The molecule has 0 fully saturated rings. The first-order chi connectivity index (χ1) is 15.5. The number of fused-ring (bicyclic) bond motifs is 1. The molecule has 0 bridgehead atoms. The minimum atomic E-state index is 0.0134. The number of hydrogen-bond acceptors (Lipinski definition) is 6. The number of aromatic nitrogens is 2. The molecule has 0 aliphatic carbocycles. The number of ether oxygens (including phenoxy) is 1. The van der Waals surface area contributed by atoms with Crippen LogP contribution in [0.25, 0.3) is 10.2 Å². The summed E-state index contributed by atoms with van der Waals surface area (Å²) in [4.78, 5) is 25.3. The fourth-order valence-electron chi connectivity index (χ4n) is 3.18. The van der Waals surface area contributed by atoms with Crippen LogP contribution in [0.3, 0.4) is 0 Å². The van der Waals surface area contributed by atoms with Crippen molar-refractivity contribution in [3.63, 3.8) is 0 Å². The number of pyridine rings is 1. The third-order valence-corrected chi connectivity index (χ3v) is 7.43. The second kappa shape index (κ2) is 10.3. The van der Waals surface area contributed by atoms with Crippen LogP contribution < -0.4 is 9.64 Å². The van der Waals surface area contributed by atoms with Crippen molar-refractivity contribution in [3.05, 3.63) is 77.1 Å². The molecule has 1 amide bonds. The van der Waals surface area contributed by atoms with Gasteiger partial charge in [-0.2, -0.15) is 0 Å². The Morgan fingerprint density at radius 2 is 1.97 bits per heavy atom. The van der Waals surface area contributed by atoms with Gasteiger partial charge in [0.05, 0.1) is 29.6 Å². The number of thiazole rings is 1. The molecule has 0 atom stereocenters. The Morgan fingerprint density at radius 3 is 2.69 bits per heavy atom. The molecule has 0 saturated carbocycles. The number of amides is 1. The number of methoxy groups -OCH3 is 1. The van der Waals surface area contributed by atoms with E-state index in [1.54, 1.807) is 30.0 Å². The number of carbonyl (C=O) groups excluding carboxylic acids is 1. The topological polar surface area (TPSA) is 55.3 Å². The highest BCUT2D eigenvalue weighted by Gasteiger charge is 2.21. The summed E-state index contributed by atoms with van der Waals surface area (Å²) in [5.41, 5.74) is 2.58. The van der Waals surface area contributed by atoms with Gasteiger partial charge >= 0.3 is 0 Å². The third-order valence-electron chi connectivity index (χ3n) is 4.96. The van der Waals surface area contributed by atoms with Crippen molar-refractivity contribution >= 4 is 56.0 Å². The lowest BCUT2D eigenvalue weighted by atomic mass is 10.2. The molecule has 5 nitrogen and oxygen atoms in total. The first-order valence-electron chi connectivity index (χ1n) is 10.1. The van der Waals surface area contributed by atoms with E-state index in [-0.39, 0.29) is 5.91 Å². The van der Waals surface area contributed by atoms with E-state index in [4.69, 9.17) is 21.3 Å². The molecular weight excluding hydrogens is 462 g/mol. The fourth-order valence-corrected chi connectivity index (χ4v) is 5.22. The number of rotatable bonds is 8. The van der Waals surface area contributed by atoms with Crippen LogP contribution in [0.4, 0.5) is 5.13 Å². The van der Waals surface area contributed by atoms with Gasteiger partial charge in [-0.05, 0) is 61.0 Å². The van der Waals surface area contributed by atoms with Gasteiger partial charge in [0.2, 0.25) is 5.91 Å². The molecule has 0 radical (unpaired) electrons. The van der Waals surface area contributed by atoms with E-state index in [2.05, 4.69) is 4.98 Å². The molecule has 2 aromatic heterocycles. The van der Waals surface area contributed by atoms with Crippen LogP contribution in [0.5, 0.6) is 5.75 Å². The van der Waals surface area contributed by atoms with E-state index in [1.165, 1.54) is 11.3 Å². The number of hydrogen-bond donors (Lipinski definition) is 0. The number of thioether (sulfide) groups is 1. The summed E-state index contributed by atoms with van der Waals surface area (Å²) in [6.45, 7) is 2.32. The average molecular weight is 484 g/mol. The molecule has 164 valence electrons. The van der Waals surface area contributed by atoms with Gasteiger partial charge in [-0.3, -0.25) is 14.7 Å². The maximum atomic E-state index is 13.3. The monoisotopic (exact) mass is 483 g/mol. The lowest BCUT2D eigenvalue weighted by Crippen LogP contribution is -2.30. The van der Waals surface area contributed by atoms with Gasteiger partial charge < -0.3 is 4.74 Å². The highest BCUT2D eigenvalue weighted by molar-refractivity contribution is 7.99. The van der Waals surface area contributed by atoms with Gasteiger partial charge in [-0.25, -0.2) is 4.98 Å². The van der Waals surface area contributed by atoms with Crippen LogP contribution in [0, 0.1) is 6.92 Å². The maximum absolute atomic E-state index is 13.3. The van der Waals surface area contributed by atoms with Crippen molar-refractivity contribution < 1.29 is 9.53 Å². The highest BCUT2D eigenvalue weighted by atomic mass is 35.5. The average Bonchev–Trinajstić information content (AvgIpc) is 3.26. The van der Waals surface area contributed by atoms with Crippen molar-refractivity contribution in [2.24, 2.45) is 0 Å². The predicted molar refractivity (Wildman–Crippen MR) is 133 cm³/mol. The minimum Gasteiger partial charge on any atom is -0.497 e. The van der Waals surface area contributed by atoms with Crippen molar-refractivity contribution in [1.29, 1.82) is 0 Å². The second-order valence-electron chi connectivity index (χ2n) is 7.09. The summed E-state index contributed by atoms with van der Waals surface area (Å²) in [6, 6.07) is 17.4. The summed E-state index contributed by atoms with van der Waals surface area (Å²) in [5.74, 6) is 1.50. The Hall–Kier alpha value is -2.61. The van der Waals surface area contributed by atoms with Crippen molar-refractivity contribution in [1.82, 2.24) is 9.97 Å². The molecule has 2 aromatic carbocycles. The summed E-state index contributed by atoms with van der Waals surface area (Å²) in [7, 11) is 1.65. The summed E-state index contributed by atoms with van der Waals surface area (Å²) >= 11 is 9.42. The van der Waals surface area contributed by atoms with Crippen molar-refractivity contribution in [2.45, 2.75) is 24.8 Å². The first kappa shape index (κ1) is 22.6. The van der Waals surface area contributed by atoms with Crippen LogP contribution >= 0.6 is 34.7 Å². The van der Waals surface area contributed by atoms with Gasteiger partial charge in [-0.1, -0.05) is 29.0 Å². The van der Waals surface area contributed by atoms with Crippen LogP contribution in [0.2, 0.25) is 5.02 Å². The molecule has 0 saturated heterocycles. The molecule has 0 aliphatic heterocycles. The van der Waals surface area contributed by atoms with Gasteiger partial charge in [0.25, 0.3) is 0 Å². The largest absolute Gasteiger partial charge is 0.497 e. The zero-order chi connectivity index (χ0) is 22.5. The second-order valence-corrected chi connectivity index (χ2v) is 9.68. The number of benzene rings is 2. The molecular formula is C24H22ClN3O2S2. The standard InChI is InChI=1S/C24H22ClN3O2S2/c1-16-20(25)10-11-21-23(16)27-24(32-21)28(15-17-5-3-4-13-26-17)22(29)12-14-31-19-8-6-18(30-2)7-9-19/h3-11,13H,12,14-15H2,1-2H3. The number of nitrogens with zero attached hydrogens (tertiary/aromatic N) is 3. The number of carbonyl (C=O) groups is 1. The van der Waals surface area contributed by atoms with Gasteiger partial charge in [-0.15, -0.1) is 11.8 Å². The smallest absolute Gasteiger partial charge is 0.229 e. The van der Waals surface area contributed by atoms with Crippen molar-refractivity contribution in [3.8, 4) is 5.75 Å². The summed E-state index contributed by atoms with van der Waals surface area (Å²) in [5, 5.41) is 1.34. The Bertz CT molecular complexity index is 1210.